The van der Waals surface area contributed by atoms with Crippen LogP contribution in [0.15, 0.2) is 6.20 Å². The van der Waals surface area contributed by atoms with Gasteiger partial charge in [-0.25, -0.2) is 9.97 Å². The average Bonchev–Trinajstić information content (AvgIpc) is 2.46. The molecule has 1 saturated carbocycles. The summed E-state index contributed by atoms with van der Waals surface area (Å²) in [6.45, 7) is 9.50. The van der Waals surface area contributed by atoms with Crippen LogP contribution in [-0.2, 0) is 17.6 Å². The van der Waals surface area contributed by atoms with Crippen molar-refractivity contribution >= 4 is 0 Å². The molecule has 1 fully saturated rings. The van der Waals surface area contributed by atoms with Crippen molar-refractivity contribution in [2.75, 3.05) is 6.61 Å². The Labute approximate surface area is 127 Å². The minimum Gasteiger partial charge on any atom is -0.378 e. The lowest BCUT2D eigenvalue weighted by Crippen LogP contribution is -2.63. The van der Waals surface area contributed by atoms with Crippen LogP contribution in [0.5, 0.6) is 0 Å². The number of aromatic nitrogens is 2. The van der Waals surface area contributed by atoms with Crippen LogP contribution in [-0.4, -0.2) is 34.8 Å². The zero-order valence-corrected chi connectivity index (χ0v) is 13.6. The molecule has 3 atom stereocenters. The van der Waals surface area contributed by atoms with Gasteiger partial charge in [-0.2, -0.15) is 0 Å². The van der Waals surface area contributed by atoms with E-state index in [-0.39, 0.29) is 5.41 Å². The summed E-state index contributed by atoms with van der Waals surface area (Å²) in [5.41, 5.74) is 2.81. The van der Waals surface area contributed by atoms with E-state index < -0.39 is 0 Å². The Bertz CT molecular complexity index is 515. The third kappa shape index (κ3) is 2.84. The Hall–Kier alpha value is -1.00. The van der Waals surface area contributed by atoms with Gasteiger partial charge in [0.25, 0.3) is 0 Å². The van der Waals surface area contributed by atoms with Gasteiger partial charge in [-0.1, -0.05) is 13.8 Å². The van der Waals surface area contributed by atoms with Crippen LogP contribution >= 0.6 is 0 Å². The molecule has 0 amide bonds. The van der Waals surface area contributed by atoms with E-state index >= 15 is 0 Å². The first-order valence-corrected chi connectivity index (χ1v) is 8.19. The van der Waals surface area contributed by atoms with E-state index in [4.69, 9.17) is 4.74 Å². The summed E-state index contributed by atoms with van der Waals surface area (Å²) in [5.74, 6) is 0.889. The zero-order chi connectivity index (χ0) is 15.0. The monoisotopic (exact) mass is 289 g/mol. The number of rotatable bonds is 4. The van der Waals surface area contributed by atoms with Gasteiger partial charge in [0.1, 0.15) is 5.82 Å². The standard InChI is InChI=1S/C17H27N3O/c1-5-21-16-9-15(17(16,3)4)20-13-6-7-14-12(8-13)10-18-11(2)19-14/h10,13,15-16,20H,5-9H2,1-4H3. The van der Waals surface area contributed by atoms with Gasteiger partial charge in [0.05, 0.1) is 6.10 Å². The third-order valence-electron chi connectivity index (χ3n) is 5.25. The summed E-state index contributed by atoms with van der Waals surface area (Å²) in [5, 5.41) is 3.85. The molecule has 3 rings (SSSR count). The quantitative estimate of drug-likeness (QED) is 0.925. The van der Waals surface area contributed by atoms with Gasteiger partial charge >= 0.3 is 0 Å². The second kappa shape index (κ2) is 5.65. The fourth-order valence-corrected chi connectivity index (χ4v) is 3.69. The van der Waals surface area contributed by atoms with Crippen LogP contribution in [0, 0.1) is 12.3 Å². The molecule has 0 spiro atoms. The van der Waals surface area contributed by atoms with Gasteiger partial charge < -0.3 is 10.1 Å². The normalized spacial score (nSPS) is 30.6. The van der Waals surface area contributed by atoms with Gasteiger partial charge in [0, 0.05) is 36.0 Å². The summed E-state index contributed by atoms with van der Waals surface area (Å²) < 4.78 is 5.82. The van der Waals surface area contributed by atoms with E-state index in [0.29, 0.717) is 18.2 Å². The van der Waals surface area contributed by atoms with Gasteiger partial charge in [-0.05, 0) is 45.1 Å². The number of hydrogen-bond donors (Lipinski definition) is 1. The van der Waals surface area contributed by atoms with Crippen molar-refractivity contribution in [3.05, 3.63) is 23.3 Å². The summed E-state index contributed by atoms with van der Waals surface area (Å²) in [6, 6.07) is 1.11. The number of hydrogen-bond acceptors (Lipinski definition) is 4. The molecule has 2 aliphatic rings. The molecule has 0 aromatic carbocycles. The van der Waals surface area contributed by atoms with Crippen molar-refractivity contribution in [1.29, 1.82) is 0 Å². The van der Waals surface area contributed by atoms with Gasteiger partial charge in [0.15, 0.2) is 0 Å². The molecule has 0 aliphatic heterocycles. The number of aryl methyl sites for hydroxylation is 2. The summed E-state index contributed by atoms with van der Waals surface area (Å²) in [4.78, 5) is 8.91. The zero-order valence-electron chi connectivity index (χ0n) is 13.6. The summed E-state index contributed by atoms with van der Waals surface area (Å²) >= 11 is 0. The lowest BCUT2D eigenvalue weighted by atomic mass is 9.64. The van der Waals surface area contributed by atoms with E-state index in [1.165, 1.54) is 17.7 Å². The first kappa shape index (κ1) is 14.9. The van der Waals surface area contributed by atoms with E-state index in [9.17, 15) is 0 Å². The fourth-order valence-electron chi connectivity index (χ4n) is 3.69. The Balaban J connectivity index is 1.60. The number of ether oxygens (including phenoxy) is 1. The van der Waals surface area contributed by atoms with Gasteiger partial charge in [-0.15, -0.1) is 0 Å². The van der Waals surface area contributed by atoms with E-state index in [1.807, 2.05) is 13.1 Å². The Kier molecular flexibility index (Phi) is 4.02. The van der Waals surface area contributed by atoms with Crippen molar-refractivity contribution in [2.24, 2.45) is 5.41 Å². The molecule has 21 heavy (non-hydrogen) atoms. The van der Waals surface area contributed by atoms with Crippen molar-refractivity contribution in [2.45, 2.75) is 71.6 Å². The molecule has 1 aromatic rings. The van der Waals surface area contributed by atoms with Crippen LogP contribution in [0.25, 0.3) is 0 Å². The second-order valence-corrected chi connectivity index (χ2v) is 7.05. The average molecular weight is 289 g/mol. The van der Waals surface area contributed by atoms with E-state index in [2.05, 4.69) is 36.1 Å². The van der Waals surface area contributed by atoms with Crippen molar-refractivity contribution in [3.63, 3.8) is 0 Å². The molecule has 1 aromatic heterocycles. The van der Waals surface area contributed by atoms with Crippen LogP contribution in [0.4, 0.5) is 0 Å². The third-order valence-corrected chi connectivity index (χ3v) is 5.25. The Morgan fingerprint density at radius 2 is 2.24 bits per heavy atom. The SMILES string of the molecule is CCOC1CC(NC2CCc3nc(C)ncc3C2)C1(C)C. The molecule has 1 heterocycles. The summed E-state index contributed by atoms with van der Waals surface area (Å²) in [6.07, 6.45) is 6.85. The highest BCUT2D eigenvalue weighted by Gasteiger charge is 2.49. The highest BCUT2D eigenvalue weighted by molar-refractivity contribution is 5.22. The Morgan fingerprint density at radius 1 is 1.43 bits per heavy atom. The minimum absolute atomic E-state index is 0.236. The van der Waals surface area contributed by atoms with Gasteiger partial charge in [-0.3, -0.25) is 0 Å². The predicted molar refractivity (Wildman–Crippen MR) is 83.3 cm³/mol. The number of nitrogens with zero attached hydrogens (tertiary/aromatic N) is 2. The predicted octanol–water partition coefficient (Wildman–Crippen LogP) is 2.44. The maximum Gasteiger partial charge on any atom is 0.125 e. The summed E-state index contributed by atoms with van der Waals surface area (Å²) in [7, 11) is 0. The van der Waals surface area contributed by atoms with Crippen LogP contribution in [0.1, 0.15) is 50.7 Å². The van der Waals surface area contributed by atoms with Crippen LogP contribution in [0.3, 0.4) is 0 Å². The fraction of sp³-hybridized carbons (Fsp3) is 0.765. The minimum atomic E-state index is 0.236. The molecule has 1 N–H and O–H groups in total. The molecule has 0 radical (unpaired) electrons. The molecule has 4 nitrogen and oxygen atoms in total. The number of fused-ring (bicyclic) bond motifs is 1. The smallest absolute Gasteiger partial charge is 0.125 e. The first-order valence-electron chi connectivity index (χ1n) is 8.19. The highest BCUT2D eigenvalue weighted by atomic mass is 16.5. The number of nitrogens with one attached hydrogen (secondary N) is 1. The Morgan fingerprint density at radius 3 is 2.95 bits per heavy atom. The first-order chi connectivity index (χ1) is 10.0. The van der Waals surface area contributed by atoms with Crippen molar-refractivity contribution in [1.82, 2.24) is 15.3 Å². The maximum atomic E-state index is 5.82. The molecule has 2 aliphatic carbocycles. The molecular formula is C17H27N3O. The molecule has 116 valence electrons. The topological polar surface area (TPSA) is 47.0 Å². The largest absolute Gasteiger partial charge is 0.378 e. The van der Waals surface area contributed by atoms with Crippen LogP contribution in [0.2, 0.25) is 0 Å². The van der Waals surface area contributed by atoms with Crippen LogP contribution < -0.4 is 5.32 Å². The van der Waals surface area contributed by atoms with Crippen molar-refractivity contribution in [3.8, 4) is 0 Å². The van der Waals surface area contributed by atoms with Gasteiger partial charge in [0.2, 0.25) is 0 Å². The van der Waals surface area contributed by atoms with Crippen molar-refractivity contribution < 1.29 is 4.74 Å². The lowest BCUT2D eigenvalue weighted by Gasteiger charge is -2.53. The molecule has 0 bridgehead atoms. The second-order valence-electron chi connectivity index (χ2n) is 7.05. The molecule has 4 heteroatoms. The molecule has 0 saturated heterocycles. The van der Waals surface area contributed by atoms with E-state index in [0.717, 1.165) is 31.7 Å². The highest BCUT2D eigenvalue weighted by Crippen LogP contribution is 2.43. The maximum absolute atomic E-state index is 5.82. The molecule has 3 unspecified atom stereocenters. The molecular weight excluding hydrogens is 262 g/mol. The lowest BCUT2D eigenvalue weighted by molar-refractivity contribution is -0.116. The van der Waals surface area contributed by atoms with E-state index in [1.54, 1.807) is 0 Å².